The summed E-state index contributed by atoms with van der Waals surface area (Å²) in [4.78, 5) is 37.6. The molecule has 2 N–H and O–H groups in total. The monoisotopic (exact) mass is 376 g/mol. The van der Waals surface area contributed by atoms with Gasteiger partial charge in [-0.3, -0.25) is 14.4 Å². The Morgan fingerprint density at radius 1 is 1.11 bits per heavy atom. The maximum absolute atomic E-state index is 12.2. The van der Waals surface area contributed by atoms with Gasteiger partial charge in [0.2, 0.25) is 11.8 Å². The Labute approximate surface area is 163 Å². The minimum atomic E-state index is -0.360. The number of nitrogens with zero attached hydrogens (tertiary/aromatic N) is 2. The Bertz CT molecular complexity index is 931. The van der Waals surface area contributed by atoms with Crippen LogP contribution < -0.4 is 15.5 Å². The fourth-order valence-electron chi connectivity index (χ4n) is 2.99. The summed E-state index contributed by atoms with van der Waals surface area (Å²) in [5.74, 6) is -0.593. The summed E-state index contributed by atoms with van der Waals surface area (Å²) >= 11 is 0. The van der Waals surface area contributed by atoms with E-state index >= 15 is 0 Å². The lowest BCUT2D eigenvalue weighted by atomic mass is 10.1. The molecule has 3 rings (SSSR count). The van der Waals surface area contributed by atoms with E-state index in [4.69, 9.17) is 5.26 Å². The molecule has 142 valence electrons. The van der Waals surface area contributed by atoms with Crippen molar-refractivity contribution in [2.24, 2.45) is 0 Å². The standard InChI is InChI=1S/C21H20N4O3/c22-12-15-3-1-4-16(11-15)13-23-19(26)14-24-21(28)17-6-8-18(9-7-17)25-10-2-5-20(25)27/h1,3-4,6-9,11H,2,5,10,13-14H2,(H,23,26)(H,24,28). The predicted octanol–water partition coefficient (Wildman–Crippen LogP) is 1.73. The highest BCUT2D eigenvalue weighted by Gasteiger charge is 2.21. The number of benzene rings is 2. The summed E-state index contributed by atoms with van der Waals surface area (Å²) in [6.45, 7) is 0.827. The Morgan fingerprint density at radius 2 is 1.89 bits per heavy atom. The molecule has 0 saturated carbocycles. The van der Waals surface area contributed by atoms with E-state index in [0.29, 0.717) is 24.1 Å². The smallest absolute Gasteiger partial charge is 0.251 e. The second-order valence-electron chi connectivity index (χ2n) is 6.47. The highest BCUT2D eigenvalue weighted by molar-refractivity contribution is 5.98. The zero-order chi connectivity index (χ0) is 19.9. The minimum Gasteiger partial charge on any atom is -0.350 e. The molecule has 1 aliphatic rings. The molecule has 1 fully saturated rings. The fraction of sp³-hybridized carbons (Fsp3) is 0.238. The SMILES string of the molecule is N#Cc1cccc(CNC(=O)CNC(=O)c2ccc(N3CCCC3=O)cc2)c1. The van der Waals surface area contributed by atoms with Crippen molar-refractivity contribution in [3.8, 4) is 6.07 Å². The van der Waals surface area contributed by atoms with E-state index in [1.54, 1.807) is 47.4 Å². The second-order valence-corrected chi connectivity index (χ2v) is 6.47. The molecular formula is C21H20N4O3. The summed E-state index contributed by atoms with van der Waals surface area (Å²) in [7, 11) is 0. The van der Waals surface area contributed by atoms with Crippen LogP contribution in [-0.2, 0) is 16.1 Å². The number of carbonyl (C=O) groups excluding carboxylic acids is 3. The van der Waals surface area contributed by atoms with Crippen molar-refractivity contribution in [3.05, 3.63) is 65.2 Å². The average molecular weight is 376 g/mol. The van der Waals surface area contributed by atoms with Crippen molar-refractivity contribution in [2.45, 2.75) is 19.4 Å². The summed E-state index contributed by atoms with van der Waals surface area (Å²) in [6, 6.07) is 15.8. The third-order valence-electron chi connectivity index (χ3n) is 4.47. The molecule has 0 spiro atoms. The molecular weight excluding hydrogens is 356 g/mol. The largest absolute Gasteiger partial charge is 0.350 e. The van der Waals surface area contributed by atoms with Gasteiger partial charge in [-0.1, -0.05) is 12.1 Å². The van der Waals surface area contributed by atoms with Gasteiger partial charge in [-0.05, 0) is 48.4 Å². The Morgan fingerprint density at radius 3 is 2.57 bits per heavy atom. The molecule has 3 amide bonds. The zero-order valence-corrected chi connectivity index (χ0v) is 15.3. The molecule has 2 aromatic rings. The van der Waals surface area contributed by atoms with Crippen LogP contribution in [0.15, 0.2) is 48.5 Å². The molecule has 1 aliphatic heterocycles. The van der Waals surface area contributed by atoms with E-state index < -0.39 is 0 Å². The zero-order valence-electron chi connectivity index (χ0n) is 15.3. The van der Waals surface area contributed by atoms with E-state index in [9.17, 15) is 14.4 Å². The molecule has 0 atom stereocenters. The maximum Gasteiger partial charge on any atom is 0.251 e. The number of hydrogen-bond donors (Lipinski definition) is 2. The number of hydrogen-bond acceptors (Lipinski definition) is 4. The van der Waals surface area contributed by atoms with Gasteiger partial charge in [0.15, 0.2) is 0 Å². The van der Waals surface area contributed by atoms with Crippen LogP contribution in [-0.4, -0.2) is 30.8 Å². The van der Waals surface area contributed by atoms with Crippen molar-refractivity contribution in [2.75, 3.05) is 18.0 Å². The minimum absolute atomic E-state index is 0.0918. The molecule has 7 heteroatoms. The quantitative estimate of drug-likeness (QED) is 0.801. The first-order valence-corrected chi connectivity index (χ1v) is 9.01. The summed E-state index contributed by atoms with van der Waals surface area (Å²) < 4.78 is 0. The molecule has 0 bridgehead atoms. The first-order valence-electron chi connectivity index (χ1n) is 9.01. The van der Waals surface area contributed by atoms with Crippen LogP contribution in [0, 0.1) is 11.3 Å². The number of anilines is 1. The molecule has 7 nitrogen and oxygen atoms in total. The molecule has 2 aromatic carbocycles. The summed E-state index contributed by atoms with van der Waals surface area (Å²) in [5.41, 5.74) is 2.53. The highest BCUT2D eigenvalue weighted by atomic mass is 16.2. The van der Waals surface area contributed by atoms with Gasteiger partial charge >= 0.3 is 0 Å². The lowest BCUT2D eigenvalue weighted by Crippen LogP contribution is -2.36. The molecule has 28 heavy (non-hydrogen) atoms. The van der Waals surface area contributed by atoms with E-state index in [1.807, 2.05) is 12.1 Å². The van der Waals surface area contributed by atoms with Crippen LogP contribution in [0.3, 0.4) is 0 Å². The van der Waals surface area contributed by atoms with Crippen LogP contribution in [0.4, 0.5) is 5.69 Å². The third kappa shape index (κ3) is 4.74. The topological polar surface area (TPSA) is 102 Å². The Kier molecular flexibility index (Phi) is 6.02. The highest BCUT2D eigenvalue weighted by Crippen LogP contribution is 2.21. The van der Waals surface area contributed by atoms with Gasteiger partial charge in [-0.2, -0.15) is 5.26 Å². The van der Waals surface area contributed by atoms with Crippen LogP contribution in [0.1, 0.15) is 34.3 Å². The first kappa shape index (κ1) is 19.1. The van der Waals surface area contributed by atoms with Crippen molar-refractivity contribution >= 4 is 23.4 Å². The van der Waals surface area contributed by atoms with Gasteiger partial charge in [0, 0.05) is 30.8 Å². The van der Waals surface area contributed by atoms with Gasteiger partial charge in [-0.15, -0.1) is 0 Å². The number of carbonyl (C=O) groups is 3. The van der Waals surface area contributed by atoms with Crippen LogP contribution in [0.25, 0.3) is 0 Å². The molecule has 1 heterocycles. The number of rotatable bonds is 6. The molecule has 0 aliphatic carbocycles. The van der Waals surface area contributed by atoms with Crippen molar-refractivity contribution in [3.63, 3.8) is 0 Å². The summed E-state index contributed by atoms with van der Waals surface area (Å²) in [6.07, 6.45) is 1.40. The van der Waals surface area contributed by atoms with Crippen molar-refractivity contribution in [1.82, 2.24) is 10.6 Å². The molecule has 1 saturated heterocycles. The van der Waals surface area contributed by atoms with E-state index in [1.165, 1.54) is 0 Å². The first-order chi connectivity index (χ1) is 13.6. The Hall–Kier alpha value is -3.66. The normalized spacial score (nSPS) is 13.1. The second kappa shape index (κ2) is 8.82. The molecule has 0 radical (unpaired) electrons. The van der Waals surface area contributed by atoms with Crippen LogP contribution in [0.2, 0.25) is 0 Å². The molecule has 0 unspecified atom stereocenters. The van der Waals surface area contributed by atoms with Gasteiger partial charge < -0.3 is 15.5 Å². The van der Waals surface area contributed by atoms with E-state index in [2.05, 4.69) is 10.6 Å². The predicted molar refractivity (Wildman–Crippen MR) is 103 cm³/mol. The van der Waals surface area contributed by atoms with Crippen LogP contribution in [0.5, 0.6) is 0 Å². The lowest BCUT2D eigenvalue weighted by Gasteiger charge is -2.15. The number of nitriles is 1. The average Bonchev–Trinajstić information content (AvgIpc) is 3.16. The van der Waals surface area contributed by atoms with E-state index in [0.717, 1.165) is 17.7 Å². The number of nitrogens with one attached hydrogen (secondary N) is 2. The van der Waals surface area contributed by atoms with Crippen molar-refractivity contribution in [1.29, 1.82) is 5.26 Å². The van der Waals surface area contributed by atoms with Gasteiger partial charge in [0.25, 0.3) is 5.91 Å². The summed E-state index contributed by atoms with van der Waals surface area (Å²) in [5, 5.41) is 14.2. The van der Waals surface area contributed by atoms with Gasteiger partial charge in [0.05, 0.1) is 18.2 Å². The maximum atomic E-state index is 12.2. The Balaban J connectivity index is 1.47. The third-order valence-corrected chi connectivity index (χ3v) is 4.47. The fourth-order valence-corrected chi connectivity index (χ4v) is 2.99. The number of amides is 3. The van der Waals surface area contributed by atoms with E-state index in [-0.39, 0.29) is 30.8 Å². The van der Waals surface area contributed by atoms with Crippen LogP contribution >= 0.6 is 0 Å². The van der Waals surface area contributed by atoms with Gasteiger partial charge in [-0.25, -0.2) is 0 Å². The van der Waals surface area contributed by atoms with Gasteiger partial charge in [0.1, 0.15) is 0 Å². The van der Waals surface area contributed by atoms with Crippen molar-refractivity contribution < 1.29 is 14.4 Å². The lowest BCUT2D eigenvalue weighted by molar-refractivity contribution is -0.120. The molecule has 0 aromatic heterocycles.